The van der Waals surface area contributed by atoms with Gasteiger partial charge < -0.3 is 0 Å². The molecule has 0 bridgehead atoms. The van der Waals surface area contributed by atoms with Crippen molar-refractivity contribution in [1.29, 1.82) is 0 Å². The third-order valence-electron chi connectivity index (χ3n) is 8.15. The Morgan fingerprint density at radius 3 is 1.84 bits per heavy atom. The average Bonchev–Trinajstić information content (AvgIpc) is 3.63. The average molecular weight is 582 g/mol. The van der Waals surface area contributed by atoms with Crippen molar-refractivity contribution in [2.24, 2.45) is 0 Å². The van der Waals surface area contributed by atoms with Gasteiger partial charge in [0.15, 0.2) is 11.6 Å². The second kappa shape index (κ2) is 9.93. The predicted molar refractivity (Wildman–Crippen MR) is 181 cm³/mol. The largest absolute Gasteiger partial charge is 0.278 e. The van der Waals surface area contributed by atoms with E-state index in [9.17, 15) is 0 Å². The van der Waals surface area contributed by atoms with Crippen LogP contribution in [0.4, 0.5) is 0 Å². The summed E-state index contributed by atoms with van der Waals surface area (Å²) in [6.45, 7) is 0. The summed E-state index contributed by atoms with van der Waals surface area (Å²) in [5.74, 6) is 1.85. The molecule has 5 nitrogen and oxygen atoms in total. The standard InChI is InChI=1S/C38H23N5S/c1-3-10-24(11-4-1)25-17-19-27(20-18-25)36-40-35(26-12-5-2-6-13-26)41-38(42-36)43-32-16-8-7-14-28(32)30-23-34-31(22-33(30)43)29-15-9-21-39-37(29)44-34/h1-23H. The van der Waals surface area contributed by atoms with Gasteiger partial charge in [-0.1, -0.05) is 103 Å². The van der Waals surface area contributed by atoms with Crippen molar-refractivity contribution >= 4 is 53.4 Å². The molecule has 44 heavy (non-hydrogen) atoms. The van der Waals surface area contributed by atoms with Crippen LogP contribution in [0.25, 0.3) is 82.0 Å². The topological polar surface area (TPSA) is 56.5 Å². The van der Waals surface area contributed by atoms with Crippen LogP contribution in [-0.2, 0) is 0 Å². The molecule has 0 fully saturated rings. The second-order valence-corrected chi connectivity index (χ2v) is 11.8. The fourth-order valence-corrected chi connectivity index (χ4v) is 7.10. The van der Waals surface area contributed by atoms with E-state index in [1.807, 2.05) is 48.7 Å². The first-order valence-corrected chi connectivity index (χ1v) is 15.3. The van der Waals surface area contributed by atoms with Gasteiger partial charge in [0.1, 0.15) is 4.83 Å². The Hall–Kier alpha value is -5.72. The predicted octanol–water partition coefficient (Wildman–Crippen LogP) is 9.73. The highest BCUT2D eigenvalue weighted by Gasteiger charge is 2.19. The molecule has 9 aromatic rings. The summed E-state index contributed by atoms with van der Waals surface area (Å²) in [5, 5.41) is 4.66. The lowest BCUT2D eigenvalue weighted by Crippen LogP contribution is -2.06. The maximum Gasteiger partial charge on any atom is 0.238 e. The van der Waals surface area contributed by atoms with E-state index in [0.29, 0.717) is 17.6 Å². The molecule has 9 rings (SSSR count). The van der Waals surface area contributed by atoms with E-state index < -0.39 is 0 Å². The zero-order valence-electron chi connectivity index (χ0n) is 23.4. The van der Waals surface area contributed by atoms with Crippen molar-refractivity contribution in [2.45, 2.75) is 0 Å². The van der Waals surface area contributed by atoms with Gasteiger partial charge in [0, 0.05) is 43.6 Å². The van der Waals surface area contributed by atoms with E-state index >= 15 is 0 Å². The van der Waals surface area contributed by atoms with Crippen molar-refractivity contribution in [3.8, 4) is 39.9 Å². The highest BCUT2D eigenvalue weighted by molar-refractivity contribution is 7.25. The van der Waals surface area contributed by atoms with Gasteiger partial charge in [-0.05, 0) is 41.5 Å². The van der Waals surface area contributed by atoms with Gasteiger partial charge in [0.25, 0.3) is 0 Å². The number of fused-ring (bicyclic) bond motifs is 6. The van der Waals surface area contributed by atoms with Crippen LogP contribution < -0.4 is 0 Å². The molecule has 0 aliphatic rings. The molecule has 6 heteroatoms. The summed E-state index contributed by atoms with van der Waals surface area (Å²) in [6, 6.07) is 46.1. The number of rotatable bonds is 4. The van der Waals surface area contributed by atoms with Crippen molar-refractivity contribution in [3.05, 3.63) is 140 Å². The van der Waals surface area contributed by atoms with Crippen LogP contribution in [0.1, 0.15) is 0 Å². The lowest BCUT2D eigenvalue weighted by atomic mass is 10.0. The molecule has 0 atom stereocenters. The van der Waals surface area contributed by atoms with E-state index in [-0.39, 0.29) is 0 Å². The second-order valence-electron chi connectivity index (χ2n) is 10.8. The lowest BCUT2D eigenvalue weighted by Gasteiger charge is -2.11. The Morgan fingerprint density at radius 1 is 0.455 bits per heavy atom. The number of hydrogen-bond acceptors (Lipinski definition) is 5. The first-order chi connectivity index (χ1) is 21.8. The number of hydrogen-bond donors (Lipinski definition) is 0. The zero-order valence-corrected chi connectivity index (χ0v) is 24.2. The van der Waals surface area contributed by atoms with Gasteiger partial charge in [-0.15, -0.1) is 11.3 Å². The molecule has 0 saturated carbocycles. The Labute approximate surface area is 256 Å². The number of nitrogens with zero attached hydrogens (tertiary/aromatic N) is 5. The minimum atomic E-state index is 0.587. The van der Waals surface area contributed by atoms with E-state index in [0.717, 1.165) is 48.7 Å². The smallest absolute Gasteiger partial charge is 0.238 e. The van der Waals surface area contributed by atoms with Gasteiger partial charge in [-0.2, -0.15) is 9.97 Å². The van der Waals surface area contributed by atoms with Gasteiger partial charge in [-0.25, -0.2) is 9.97 Å². The first-order valence-electron chi connectivity index (χ1n) is 14.5. The van der Waals surface area contributed by atoms with Crippen molar-refractivity contribution < 1.29 is 0 Å². The lowest BCUT2D eigenvalue weighted by molar-refractivity contribution is 0.954. The quantitative estimate of drug-likeness (QED) is 0.208. The number of pyridine rings is 1. The molecule has 4 heterocycles. The third kappa shape index (κ3) is 4.00. The molecule has 0 unspecified atom stereocenters. The highest BCUT2D eigenvalue weighted by Crippen LogP contribution is 2.40. The molecule has 5 aromatic carbocycles. The molecule has 0 N–H and O–H groups in total. The molecule has 4 aromatic heterocycles. The molecule has 0 aliphatic carbocycles. The summed E-state index contributed by atoms with van der Waals surface area (Å²) in [7, 11) is 0. The van der Waals surface area contributed by atoms with Gasteiger partial charge in [0.2, 0.25) is 5.95 Å². The fourth-order valence-electron chi connectivity index (χ4n) is 6.04. The van der Waals surface area contributed by atoms with Crippen molar-refractivity contribution in [1.82, 2.24) is 24.5 Å². The van der Waals surface area contributed by atoms with E-state index in [2.05, 4.69) is 101 Å². The van der Waals surface area contributed by atoms with Gasteiger partial charge in [-0.3, -0.25) is 4.57 Å². The maximum atomic E-state index is 5.14. The summed E-state index contributed by atoms with van der Waals surface area (Å²) in [6.07, 6.45) is 1.86. The third-order valence-corrected chi connectivity index (χ3v) is 9.22. The highest BCUT2D eigenvalue weighted by atomic mass is 32.1. The van der Waals surface area contributed by atoms with Gasteiger partial charge in [0.05, 0.1) is 11.0 Å². The molecule has 0 radical (unpaired) electrons. The molecular formula is C38H23N5S. The molecule has 0 spiro atoms. The van der Waals surface area contributed by atoms with Crippen LogP contribution in [0.15, 0.2) is 140 Å². The maximum absolute atomic E-state index is 5.14. The Kier molecular flexibility index (Phi) is 5.61. The molecule has 0 saturated heterocycles. The Morgan fingerprint density at radius 2 is 1.07 bits per heavy atom. The summed E-state index contributed by atoms with van der Waals surface area (Å²) < 4.78 is 3.40. The van der Waals surface area contributed by atoms with E-state index in [1.165, 1.54) is 15.6 Å². The monoisotopic (exact) mass is 581 g/mol. The number of para-hydroxylation sites is 1. The van der Waals surface area contributed by atoms with Crippen LogP contribution in [0.3, 0.4) is 0 Å². The molecule has 0 amide bonds. The fraction of sp³-hybridized carbons (Fsp3) is 0. The first kappa shape index (κ1) is 24.8. The minimum absolute atomic E-state index is 0.587. The van der Waals surface area contributed by atoms with Crippen LogP contribution >= 0.6 is 11.3 Å². The van der Waals surface area contributed by atoms with E-state index in [4.69, 9.17) is 15.0 Å². The van der Waals surface area contributed by atoms with Crippen LogP contribution in [0.2, 0.25) is 0 Å². The van der Waals surface area contributed by atoms with Crippen molar-refractivity contribution in [2.75, 3.05) is 0 Å². The molecule has 206 valence electrons. The summed E-state index contributed by atoms with van der Waals surface area (Å²) >= 11 is 1.73. The SMILES string of the molecule is c1ccc(-c2ccc(-c3nc(-c4ccccc4)nc(-n4c5ccccc5c5cc6sc7ncccc7c6cc54)n3)cc2)cc1. The van der Waals surface area contributed by atoms with Crippen LogP contribution in [0.5, 0.6) is 0 Å². The Balaban J connectivity index is 1.31. The number of aromatic nitrogens is 5. The molecular weight excluding hydrogens is 559 g/mol. The Bertz CT molecular complexity index is 2480. The number of thiophene rings is 1. The normalized spacial score (nSPS) is 11.6. The van der Waals surface area contributed by atoms with Crippen LogP contribution in [0, 0.1) is 0 Å². The number of benzene rings is 5. The van der Waals surface area contributed by atoms with Crippen LogP contribution in [-0.4, -0.2) is 24.5 Å². The summed E-state index contributed by atoms with van der Waals surface area (Å²) in [5.41, 5.74) is 6.31. The summed E-state index contributed by atoms with van der Waals surface area (Å²) in [4.78, 5) is 20.9. The minimum Gasteiger partial charge on any atom is -0.278 e. The van der Waals surface area contributed by atoms with Gasteiger partial charge >= 0.3 is 0 Å². The van der Waals surface area contributed by atoms with Crippen molar-refractivity contribution in [3.63, 3.8) is 0 Å². The zero-order chi connectivity index (χ0) is 29.0. The molecule has 0 aliphatic heterocycles. The van der Waals surface area contributed by atoms with E-state index in [1.54, 1.807) is 11.3 Å².